The minimum Gasteiger partial charge on any atom is -0.388 e. The van der Waals surface area contributed by atoms with Crippen molar-refractivity contribution in [2.75, 3.05) is 5.32 Å². The molecule has 4 unspecified atom stereocenters. The predicted octanol–water partition coefficient (Wildman–Crippen LogP) is 3.43. The quantitative estimate of drug-likeness (QED) is 0.874. The summed E-state index contributed by atoms with van der Waals surface area (Å²) < 4.78 is 0. The average molecular weight is 285 g/mol. The van der Waals surface area contributed by atoms with Gasteiger partial charge in [-0.2, -0.15) is 0 Å². The van der Waals surface area contributed by atoms with E-state index in [0.29, 0.717) is 12.3 Å². The van der Waals surface area contributed by atoms with Crippen molar-refractivity contribution in [2.24, 2.45) is 17.8 Å². The minimum atomic E-state index is -0.329. The van der Waals surface area contributed by atoms with Gasteiger partial charge in [-0.25, -0.2) is 0 Å². The first-order valence-electron chi connectivity index (χ1n) is 8.31. The van der Waals surface area contributed by atoms with Crippen molar-refractivity contribution in [2.45, 2.75) is 51.0 Å². The largest absolute Gasteiger partial charge is 0.388 e. The molecule has 1 heterocycles. The van der Waals surface area contributed by atoms with E-state index < -0.39 is 0 Å². The first kappa shape index (κ1) is 13.3. The van der Waals surface area contributed by atoms with Gasteiger partial charge in [-0.3, -0.25) is 4.79 Å². The van der Waals surface area contributed by atoms with Crippen LogP contribution in [0.3, 0.4) is 0 Å². The number of nitrogens with one attached hydrogen (secondary N) is 1. The van der Waals surface area contributed by atoms with Crippen LogP contribution in [0, 0.1) is 17.8 Å². The molecule has 0 aromatic heterocycles. The van der Waals surface area contributed by atoms with Crippen molar-refractivity contribution in [1.82, 2.24) is 0 Å². The van der Waals surface area contributed by atoms with Gasteiger partial charge in [0.25, 0.3) is 0 Å². The number of amides is 1. The highest BCUT2D eigenvalue weighted by Gasteiger charge is 2.43. The van der Waals surface area contributed by atoms with Gasteiger partial charge in [0.1, 0.15) is 0 Å². The fourth-order valence-corrected chi connectivity index (χ4v) is 4.71. The Morgan fingerprint density at radius 1 is 1.19 bits per heavy atom. The number of aliphatic hydroxyl groups excluding tert-OH is 1. The third-order valence-corrected chi connectivity index (χ3v) is 5.79. The summed E-state index contributed by atoms with van der Waals surface area (Å²) in [6.07, 6.45) is 7.26. The van der Waals surface area contributed by atoms with Crippen LogP contribution in [-0.4, -0.2) is 11.0 Å². The number of carbonyl (C=O) groups excluding carboxylic acids is 1. The minimum absolute atomic E-state index is 0.107. The summed E-state index contributed by atoms with van der Waals surface area (Å²) in [6, 6.07) is 6.10. The molecule has 2 bridgehead atoms. The lowest BCUT2D eigenvalue weighted by Crippen LogP contribution is -2.19. The molecule has 3 nitrogen and oxygen atoms in total. The lowest BCUT2D eigenvalue weighted by atomic mass is 9.81. The van der Waals surface area contributed by atoms with Gasteiger partial charge in [-0.1, -0.05) is 18.6 Å². The Labute approximate surface area is 125 Å². The second kappa shape index (κ2) is 5.13. The van der Waals surface area contributed by atoms with Crippen LogP contribution in [0.15, 0.2) is 18.2 Å². The van der Waals surface area contributed by atoms with E-state index in [2.05, 4.69) is 11.4 Å². The summed E-state index contributed by atoms with van der Waals surface area (Å²) in [5, 5.41) is 13.7. The Hall–Kier alpha value is -1.35. The molecule has 3 heteroatoms. The van der Waals surface area contributed by atoms with Gasteiger partial charge in [-0.15, -0.1) is 0 Å². The molecule has 1 aromatic rings. The number of aryl methyl sites for hydroxylation is 1. The van der Waals surface area contributed by atoms with Gasteiger partial charge in [0.2, 0.25) is 5.91 Å². The van der Waals surface area contributed by atoms with Crippen LogP contribution in [0.5, 0.6) is 0 Å². The Morgan fingerprint density at radius 2 is 2.10 bits per heavy atom. The zero-order chi connectivity index (χ0) is 14.4. The average Bonchev–Trinajstić information content (AvgIpc) is 3.06. The maximum Gasteiger partial charge on any atom is 0.224 e. The van der Waals surface area contributed by atoms with Crippen LogP contribution in [0.25, 0.3) is 0 Å². The summed E-state index contributed by atoms with van der Waals surface area (Å²) in [6.45, 7) is 0. The molecule has 2 N–H and O–H groups in total. The number of aliphatic hydroxyl groups is 1. The van der Waals surface area contributed by atoms with E-state index in [0.717, 1.165) is 35.9 Å². The van der Waals surface area contributed by atoms with Crippen molar-refractivity contribution in [1.29, 1.82) is 0 Å². The molecule has 112 valence electrons. The highest BCUT2D eigenvalue weighted by atomic mass is 16.3. The maximum absolute atomic E-state index is 11.6. The van der Waals surface area contributed by atoms with Crippen molar-refractivity contribution in [3.63, 3.8) is 0 Å². The lowest BCUT2D eigenvalue weighted by Gasteiger charge is -2.27. The molecular weight excluding hydrogens is 262 g/mol. The summed E-state index contributed by atoms with van der Waals surface area (Å²) in [7, 11) is 0. The number of carbonyl (C=O) groups is 1. The molecule has 0 saturated heterocycles. The zero-order valence-electron chi connectivity index (χ0n) is 12.3. The monoisotopic (exact) mass is 285 g/mol. The first-order valence-corrected chi connectivity index (χ1v) is 8.31. The van der Waals surface area contributed by atoms with Gasteiger partial charge in [-0.05, 0) is 67.1 Å². The van der Waals surface area contributed by atoms with Crippen LogP contribution >= 0.6 is 0 Å². The van der Waals surface area contributed by atoms with Crippen LogP contribution in [-0.2, 0) is 11.2 Å². The molecule has 2 fully saturated rings. The van der Waals surface area contributed by atoms with E-state index in [4.69, 9.17) is 0 Å². The Balaban J connectivity index is 1.58. The summed E-state index contributed by atoms with van der Waals surface area (Å²) in [4.78, 5) is 11.6. The Bertz CT molecular complexity index is 568. The summed E-state index contributed by atoms with van der Waals surface area (Å²) >= 11 is 0. The molecule has 2 aliphatic carbocycles. The maximum atomic E-state index is 11.6. The van der Waals surface area contributed by atoms with Crippen molar-refractivity contribution >= 4 is 11.6 Å². The van der Waals surface area contributed by atoms with E-state index in [1.165, 1.54) is 31.2 Å². The van der Waals surface area contributed by atoms with Crippen LogP contribution in [0.4, 0.5) is 5.69 Å². The molecule has 1 aromatic carbocycles. The molecular formula is C18H23NO2. The highest BCUT2D eigenvalue weighted by Crippen LogP contribution is 2.52. The predicted molar refractivity (Wildman–Crippen MR) is 81.9 cm³/mol. The zero-order valence-corrected chi connectivity index (χ0v) is 12.3. The fraction of sp³-hybridized carbons (Fsp3) is 0.611. The smallest absolute Gasteiger partial charge is 0.224 e. The normalized spacial score (nSPS) is 32.4. The molecule has 1 aliphatic heterocycles. The summed E-state index contributed by atoms with van der Waals surface area (Å²) in [5.41, 5.74) is 3.16. The lowest BCUT2D eigenvalue weighted by molar-refractivity contribution is -0.116. The second-order valence-electron chi connectivity index (χ2n) is 7.10. The van der Waals surface area contributed by atoms with Gasteiger partial charge >= 0.3 is 0 Å². The number of rotatable bonds is 2. The van der Waals surface area contributed by atoms with Gasteiger partial charge in [0.05, 0.1) is 6.10 Å². The highest BCUT2D eigenvalue weighted by molar-refractivity contribution is 5.92. The van der Waals surface area contributed by atoms with Gasteiger partial charge < -0.3 is 10.4 Å². The Kier molecular flexibility index (Phi) is 3.26. The molecule has 1 amide bonds. The molecule has 2 saturated carbocycles. The molecule has 21 heavy (non-hydrogen) atoms. The molecule has 0 spiro atoms. The SMILES string of the molecule is O=C1CCCc2cc(C(O)C3CC4CCC3C4)ccc2N1. The number of hydrogen-bond acceptors (Lipinski definition) is 2. The molecule has 4 atom stereocenters. The van der Waals surface area contributed by atoms with Crippen molar-refractivity contribution < 1.29 is 9.90 Å². The standard InChI is InChI=1S/C18H23NO2/c20-17-3-1-2-13-10-14(6-7-16(13)19-17)18(21)15-9-11-4-5-12(15)8-11/h6-7,10-12,15,18,21H,1-5,8-9H2,(H,19,20). The summed E-state index contributed by atoms with van der Waals surface area (Å²) in [5.74, 6) is 2.13. The molecule has 0 radical (unpaired) electrons. The third kappa shape index (κ3) is 2.38. The van der Waals surface area contributed by atoms with E-state index in [9.17, 15) is 9.90 Å². The third-order valence-electron chi connectivity index (χ3n) is 5.79. The topological polar surface area (TPSA) is 49.3 Å². The number of anilines is 1. The molecule has 3 aliphatic rings. The first-order chi connectivity index (χ1) is 10.2. The molecule has 4 rings (SSSR count). The van der Waals surface area contributed by atoms with Crippen LogP contribution < -0.4 is 5.32 Å². The van der Waals surface area contributed by atoms with Crippen LogP contribution in [0.2, 0.25) is 0 Å². The van der Waals surface area contributed by atoms with E-state index in [1.54, 1.807) is 0 Å². The number of fused-ring (bicyclic) bond motifs is 3. The Morgan fingerprint density at radius 3 is 2.86 bits per heavy atom. The van der Waals surface area contributed by atoms with E-state index in [1.807, 2.05) is 12.1 Å². The van der Waals surface area contributed by atoms with Crippen molar-refractivity contribution in [3.05, 3.63) is 29.3 Å². The number of hydrogen-bond donors (Lipinski definition) is 2. The number of benzene rings is 1. The fourth-order valence-electron chi connectivity index (χ4n) is 4.71. The van der Waals surface area contributed by atoms with Gasteiger partial charge in [0.15, 0.2) is 0 Å². The second-order valence-corrected chi connectivity index (χ2v) is 7.10. The van der Waals surface area contributed by atoms with Crippen LogP contribution in [0.1, 0.15) is 55.8 Å². The van der Waals surface area contributed by atoms with Crippen molar-refractivity contribution in [3.8, 4) is 0 Å². The van der Waals surface area contributed by atoms with Gasteiger partial charge in [0, 0.05) is 12.1 Å². The van der Waals surface area contributed by atoms with E-state index in [-0.39, 0.29) is 12.0 Å². The van der Waals surface area contributed by atoms with E-state index >= 15 is 0 Å².